The van der Waals surface area contributed by atoms with E-state index in [9.17, 15) is 14.0 Å². The molecule has 3 aromatic rings. The number of hydrogen-bond acceptors (Lipinski definition) is 7. The van der Waals surface area contributed by atoms with Crippen LogP contribution < -0.4 is 19.6 Å². The number of carbonyl (C=O) groups is 1. The van der Waals surface area contributed by atoms with E-state index in [1.165, 1.54) is 36.0 Å². The molecule has 0 bridgehead atoms. The van der Waals surface area contributed by atoms with Gasteiger partial charge in [-0.2, -0.15) is 0 Å². The number of hydrogen-bond donors (Lipinski definition) is 0. The summed E-state index contributed by atoms with van der Waals surface area (Å²) in [5.41, 5.74) is 3.41. The number of rotatable bonds is 7. The van der Waals surface area contributed by atoms with Crippen molar-refractivity contribution >= 4 is 17.7 Å². The molecule has 0 spiro atoms. The van der Waals surface area contributed by atoms with Crippen LogP contribution in [0.15, 0.2) is 58.2 Å². The molecule has 1 aliphatic rings. The lowest BCUT2D eigenvalue weighted by Gasteiger charge is -2.29. The highest BCUT2D eigenvalue weighted by atomic mass is 32.2. The summed E-state index contributed by atoms with van der Waals surface area (Å²) >= 11 is 1.37. The van der Waals surface area contributed by atoms with Crippen LogP contribution in [0.5, 0.6) is 17.2 Å². The Hall–Kier alpha value is -3.52. The number of thioether (sulfide) groups is 1. The summed E-state index contributed by atoms with van der Waals surface area (Å²) in [6.45, 7) is 0.0391. The first-order valence-electron chi connectivity index (χ1n) is 10.9. The molecular formula is C27H25FO6S. The summed E-state index contributed by atoms with van der Waals surface area (Å²) in [5.74, 6) is 0.198. The van der Waals surface area contributed by atoms with Gasteiger partial charge < -0.3 is 18.9 Å². The Morgan fingerprint density at radius 3 is 2.34 bits per heavy atom. The maximum Gasteiger partial charge on any atom is 0.338 e. The number of methoxy groups -OCH3 is 3. The molecule has 4 rings (SSSR count). The second kappa shape index (κ2) is 10.4. The second-order valence-electron chi connectivity index (χ2n) is 7.97. The lowest BCUT2D eigenvalue weighted by atomic mass is 9.79. The number of fused-ring (bicyclic) bond motifs is 3. The quantitative estimate of drug-likeness (QED) is 0.333. The van der Waals surface area contributed by atoms with Crippen molar-refractivity contribution in [3.63, 3.8) is 0 Å². The van der Waals surface area contributed by atoms with Crippen LogP contribution in [0.4, 0.5) is 4.39 Å². The largest absolute Gasteiger partial charge is 0.493 e. The summed E-state index contributed by atoms with van der Waals surface area (Å²) < 4.78 is 35.7. The van der Waals surface area contributed by atoms with Crippen LogP contribution in [0.1, 0.15) is 27.4 Å². The van der Waals surface area contributed by atoms with E-state index in [4.69, 9.17) is 18.9 Å². The molecule has 8 heteroatoms. The van der Waals surface area contributed by atoms with Gasteiger partial charge in [-0.1, -0.05) is 6.07 Å². The zero-order chi connectivity index (χ0) is 25.1. The third-order valence-corrected chi connectivity index (χ3v) is 6.82. The molecule has 0 aliphatic heterocycles. The van der Waals surface area contributed by atoms with Crippen LogP contribution in [-0.2, 0) is 11.2 Å². The van der Waals surface area contributed by atoms with E-state index < -0.39 is 11.8 Å². The van der Waals surface area contributed by atoms with Crippen molar-refractivity contribution in [1.82, 2.24) is 0 Å². The highest BCUT2D eigenvalue weighted by Gasteiger charge is 2.32. The van der Waals surface area contributed by atoms with Crippen molar-refractivity contribution in [2.75, 3.05) is 34.2 Å². The maximum absolute atomic E-state index is 13.2. The number of esters is 1. The first-order chi connectivity index (χ1) is 16.9. The lowest BCUT2D eigenvalue weighted by molar-refractivity contribution is 0.0478. The first-order valence-corrected chi connectivity index (χ1v) is 12.1. The molecule has 0 aromatic heterocycles. The maximum atomic E-state index is 13.2. The van der Waals surface area contributed by atoms with E-state index in [1.807, 2.05) is 18.4 Å². The minimum atomic E-state index is -0.560. The number of halogens is 1. The van der Waals surface area contributed by atoms with Gasteiger partial charge in [0.05, 0.1) is 38.4 Å². The zero-order valence-electron chi connectivity index (χ0n) is 19.8. The predicted octanol–water partition coefficient (Wildman–Crippen LogP) is 5.10. The predicted molar refractivity (Wildman–Crippen MR) is 133 cm³/mol. The summed E-state index contributed by atoms with van der Waals surface area (Å²) in [5, 5.41) is 0. The summed E-state index contributed by atoms with van der Waals surface area (Å²) in [6, 6.07) is 12.4. The van der Waals surface area contributed by atoms with E-state index in [0.717, 1.165) is 22.3 Å². The molecular weight excluding hydrogens is 471 g/mol. The van der Waals surface area contributed by atoms with E-state index >= 15 is 0 Å². The Labute approximate surface area is 207 Å². The van der Waals surface area contributed by atoms with Gasteiger partial charge in [0.1, 0.15) is 5.82 Å². The Bertz CT molecular complexity index is 1320. The van der Waals surface area contributed by atoms with Crippen molar-refractivity contribution in [2.24, 2.45) is 0 Å². The fourth-order valence-electron chi connectivity index (χ4n) is 4.39. The Morgan fingerprint density at radius 2 is 1.71 bits per heavy atom. The van der Waals surface area contributed by atoms with E-state index in [-0.39, 0.29) is 23.5 Å². The summed E-state index contributed by atoms with van der Waals surface area (Å²) in [4.78, 5) is 26.1. The monoisotopic (exact) mass is 496 g/mol. The molecule has 6 nitrogen and oxygen atoms in total. The molecule has 0 N–H and O–H groups in total. The van der Waals surface area contributed by atoms with Gasteiger partial charge in [0.25, 0.3) is 0 Å². The molecule has 0 radical (unpaired) electrons. The molecule has 1 aliphatic carbocycles. The average molecular weight is 497 g/mol. The van der Waals surface area contributed by atoms with Crippen molar-refractivity contribution < 1.29 is 28.1 Å². The molecule has 0 unspecified atom stereocenters. The topological polar surface area (TPSA) is 71.1 Å². The normalized spacial score (nSPS) is 13.9. The molecule has 0 fully saturated rings. The number of ether oxygens (including phenoxy) is 4. The van der Waals surface area contributed by atoms with Crippen molar-refractivity contribution in [3.8, 4) is 28.4 Å². The number of benzene rings is 2. The van der Waals surface area contributed by atoms with Gasteiger partial charge in [-0.3, -0.25) is 4.79 Å². The SMILES string of the molecule is COc1cc2c(c(OC)c1OC)-c1ccc(SC)c(=O)cc1[C@@H](COC(=O)c1ccc(F)cc1)C2. The molecule has 182 valence electrons. The smallest absolute Gasteiger partial charge is 0.338 e. The van der Waals surface area contributed by atoms with Crippen LogP contribution in [0, 0.1) is 5.82 Å². The minimum Gasteiger partial charge on any atom is -0.493 e. The third-order valence-electron chi connectivity index (χ3n) is 6.04. The first kappa shape index (κ1) is 24.6. The van der Waals surface area contributed by atoms with Gasteiger partial charge in [0.2, 0.25) is 5.75 Å². The summed E-state index contributed by atoms with van der Waals surface area (Å²) in [7, 11) is 4.65. The third kappa shape index (κ3) is 4.71. The molecule has 35 heavy (non-hydrogen) atoms. The molecule has 0 amide bonds. The van der Waals surface area contributed by atoms with E-state index in [2.05, 4.69) is 0 Å². The summed E-state index contributed by atoms with van der Waals surface area (Å²) in [6.07, 6.45) is 2.33. The molecule has 0 saturated heterocycles. The molecule has 0 saturated carbocycles. The van der Waals surface area contributed by atoms with Crippen molar-refractivity contribution in [2.45, 2.75) is 17.2 Å². The fraction of sp³-hybridized carbons (Fsp3) is 0.259. The number of carbonyl (C=O) groups excluding carboxylic acids is 1. The molecule has 1 atom stereocenters. The zero-order valence-corrected chi connectivity index (χ0v) is 20.7. The Kier molecular flexibility index (Phi) is 7.31. The van der Waals surface area contributed by atoms with Gasteiger partial charge >= 0.3 is 5.97 Å². The van der Waals surface area contributed by atoms with E-state index in [1.54, 1.807) is 33.5 Å². The van der Waals surface area contributed by atoms with Gasteiger partial charge in [-0.25, -0.2) is 9.18 Å². The Balaban J connectivity index is 1.82. The second-order valence-corrected chi connectivity index (χ2v) is 8.81. The van der Waals surface area contributed by atoms with Crippen LogP contribution in [0.3, 0.4) is 0 Å². The average Bonchev–Trinajstić information content (AvgIpc) is 3.04. The van der Waals surface area contributed by atoms with E-state index in [0.29, 0.717) is 28.6 Å². The van der Waals surface area contributed by atoms with Gasteiger partial charge in [-0.05, 0) is 71.8 Å². The lowest BCUT2D eigenvalue weighted by Crippen LogP contribution is -2.20. The van der Waals surface area contributed by atoms with Crippen molar-refractivity contribution in [3.05, 3.63) is 81.3 Å². The van der Waals surface area contributed by atoms with Crippen LogP contribution in [-0.4, -0.2) is 40.2 Å². The van der Waals surface area contributed by atoms with Gasteiger partial charge in [0.15, 0.2) is 16.9 Å². The molecule has 3 aromatic carbocycles. The van der Waals surface area contributed by atoms with Gasteiger partial charge in [-0.15, -0.1) is 11.8 Å². The standard InChI is InChI=1S/C27H25FO6S/c1-31-22-12-16-11-17(14-34-27(30)15-5-7-18(28)8-6-15)20-13-21(29)23(35-4)10-9-19(20)24(16)26(33-3)25(22)32-2/h5-10,12-13,17H,11,14H2,1-4H3/t17-/m1/s1. The van der Waals surface area contributed by atoms with Crippen LogP contribution in [0.25, 0.3) is 11.1 Å². The van der Waals surface area contributed by atoms with Crippen LogP contribution >= 0.6 is 11.8 Å². The van der Waals surface area contributed by atoms with Crippen molar-refractivity contribution in [1.29, 1.82) is 0 Å². The Morgan fingerprint density at radius 1 is 1.00 bits per heavy atom. The highest BCUT2D eigenvalue weighted by molar-refractivity contribution is 7.98. The fourth-order valence-corrected chi connectivity index (χ4v) is 4.86. The minimum absolute atomic E-state index is 0.0391. The molecule has 0 heterocycles. The van der Waals surface area contributed by atoms with Gasteiger partial charge in [0, 0.05) is 11.5 Å². The highest BCUT2D eigenvalue weighted by Crippen LogP contribution is 2.51. The van der Waals surface area contributed by atoms with Crippen LogP contribution in [0.2, 0.25) is 0 Å².